The molecule has 1 fully saturated rings. The van der Waals surface area contributed by atoms with Crippen molar-refractivity contribution in [2.24, 2.45) is 0 Å². The largest absolute Gasteiger partial charge is 0.452 e. The van der Waals surface area contributed by atoms with Crippen LogP contribution < -0.4 is 10.2 Å². The Labute approximate surface area is 174 Å². The summed E-state index contributed by atoms with van der Waals surface area (Å²) < 4.78 is 5.14. The smallest absolute Gasteiger partial charge is 0.338 e. The van der Waals surface area contributed by atoms with Crippen molar-refractivity contribution in [1.82, 2.24) is 4.90 Å². The van der Waals surface area contributed by atoms with Gasteiger partial charge in [0.2, 0.25) is 5.91 Å². The fourth-order valence-corrected chi connectivity index (χ4v) is 3.36. The molecule has 1 N–H and O–H groups in total. The molecule has 1 aliphatic heterocycles. The van der Waals surface area contributed by atoms with Gasteiger partial charge in [-0.1, -0.05) is 23.7 Å². The van der Waals surface area contributed by atoms with E-state index in [0.717, 1.165) is 5.69 Å². The predicted octanol–water partition coefficient (Wildman–Crippen LogP) is 2.80. The number of halogens is 1. The SMILES string of the molecule is CC(=O)Nc1ccc(C(=O)OCC(=O)N2CCN(c3ccccc3Cl)CC2)cc1. The van der Waals surface area contributed by atoms with E-state index in [2.05, 4.69) is 10.2 Å². The second-order valence-electron chi connectivity index (χ2n) is 6.65. The Bertz CT molecular complexity index is 893. The lowest BCUT2D eigenvalue weighted by Crippen LogP contribution is -2.50. The van der Waals surface area contributed by atoms with Gasteiger partial charge in [-0.05, 0) is 36.4 Å². The molecule has 8 heteroatoms. The van der Waals surface area contributed by atoms with Crippen LogP contribution >= 0.6 is 11.6 Å². The molecule has 2 aromatic carbocycles. The molecule has 7 nitrogen and oxygen atoms in total. The van der Waals surface area contributed by atoms with Crippen LogP contribution in [0.5, 0.6) is 0 Å². The number of benzene rings is 2. The van der Waals surface area contributed by atoms with Crippen molar-refractivity contribution < 1.29 is 19.1 Å². The van der Waals surface area contributed by atoms with Crippen molar-refractivity contribution in [3.05, 3.63) is 59.1 Å². The monoisotopic (exact) mass is 415 g/mol. The summed E-state index contributed by atoms with van der Waals surface area (Å²) in [6, 6.07) is 13.9. The van der Waals surface area contributed by atoms with Crippen molar-refractivity contribution in [3.63, 3.8) is 0 Å². The minimum absolute atomic E-state index is 0.194. The van der Waals surface area contributed by atoms with E-state index in [4.69, 9.17) is 16.3 Å². The van der Waals surface area contributed by atoms with Crippen molar-refractivity contribution in [1.29, 1.82) is 0 Å². The maximum absolute atomic E-state index is 12.4. The second kappa shape index (κ2) is 9.43. The Morgan fingerprint density at radius 1 is 1.00 bits per heavy atom. The highest BCUT2D eigenvalue weighted by Gasteiger charge is 2.23. The zero-order chi connectivity index (χ0) is 20.8. The number of hydrogen-bond donors (Lipinski definition) is 1. The maximum atomic E-state index is 12.4. The summed E-state index contributed by atoms with van der Waals surface area (Å²) in [5, 5.41) is 3.30. The number of ether oxygens (including phenoxy) is 1. The molecule has 1 heterocycles. The molecule has 0 unspecified atom stereocenters. The molecule has 0 aliphatic carbocycles. The minimum Gasteiger partial charge on any atom is -0.452 e. The molecule has 0 saturated carbocycles. The third-order valence-corrected chi connectivity index (χ3v) is 4.91. The van der Waals surface area contributed by atoms with Gasteiger partial charge in [0.1, 0.15) is 0 Å². The molecule has 0 bridgehead atoms. The Kier molecular flexibility index (Phi) is 6.72. The molecule has 0 spiro atoms. The number of amides is 2. The average molecular weight is 416 g/mol. The lowest BCUT2D eigenvalue weighted by molar-refractivity contribution is -0.134. The number of esters is 1. The van der Waals surface area contributed by atoms with Gasteiger partial charge in [0, 0.05) is 38.8 Å². The van der Waals surface area contributed by atoms with Crippen molar-refractivity contribution in [3.8, 4) is 0 Å². The summed E-state index contributed by atoms with van der Waals surface area (Å²) >= 11 is 6.23. The van der Waals surface area contributed by atoms with Crippen LogP contribution in [-0.4, -0.2) is 55.5 Å². The van der Waals surface area contributed by atoms with Crippen LogP contribution in [0.3, 0.4) is 0 Å². The van der Waals surface area contributed by atoms with Gasteiger partial charge in [-0.25, -0.2) is 4.79 Å². The molecule has 0 radical (unpaired) electrons. The Morgan fingerprint density at radius 2 is 1.66 bits per heavy atom. The number of carbonyl (C=O) groups excluding carboxylic acids is 3. The van der Waals surface area contributed by atoms with Crippen molar-refractivity contribution >= 4 is 40.8 Å². The van der Waals surface area contributed by atoms with Gasteiger partial charge in [0.15, 0.2) is 6.61 Å². The van der Waals surface area contributed by atoms with Crippen molar-refractivity contribution in [2.75, 3.05) is 43.0 Å². The first-order chi connectivity index (χ1) is 13.9. The van der Waals surface area contributed by atoms with Gasteiger partial charge in [0.05, 0.1) is 16.3 Å². The van der Waals surface area contributed by atoms with Gasteiger partial charge < -0.3 is 19.9 Å². The second-order valence-corrected chi connectivity index (χ2v) is 7.06. The minimum atomic E-state index is -0.581. The van der Waals surface area contributed by atoms with Crippen LogP contribution in [0, 0.1) is 0 Å². The third-order valence-electron chi connectivity index (χ3n) is 4.59. The summed E-state index contributed by atoms with van der Waals surface area (Å²) in [5.74, 6) is -1.00. The highest BCUT2D eigenvalue weighted by Crippen LogP contribution is 2.26. The molecular weight excluding hydrogens is 394 g/mol. The highest BCUT2D eigenvalue weighted by atomic mass is 35.5. The van der Waals surface area contributed by atoms with E-state index in [-0.39, 0.29) is 18.4 Å². The number of anilines is 2. The van der Waals surface area contributed by atoms with Gasteiger partial charge in [0.25, 0.3) is 5.91 Å². The summed E-state index contributed by atoms with van der Waals surface area (Å²) in [6.45, 7) is 3.49. The summed E-state index contributed by atoms with van der Waals surface area (Å²) in [5.41, 5.74) is 1.85. The first-order valence-electron chi connectivity index (χ1n) is 9.26. The lowest BCUT2D eigenvalue weighted by atomic mass is 10.2. The number of piperazine rings is 1. The molecule has 0 atom stereocenters. The molecule has 1 aliphatic rings. The van der Waals surface area contributed by atoms with Gasteiger partial charge in [-0.2, -0.15) is 0 Å². The fourth-order valence-electron chi connectivity index (χ4n) is 3.10. The fraction of sp³-hybridized carbons (Fsp3) is 0.286. The number of nitrogens with zero attached hydrogens (tertiary/aromatic N) is 2. The zero-order valence-electron chi connectivity index (χ0n) is 16.1. The topological polar surface area (TPSA) is 78.9 Å². The van der Waals surface area contributed by atoms with E-state index < -0.39 is 5.97 Å². The van der Waals surface area contributed by atoms with E-state index in [1.165, 1.54) is 6.92 Å². The van der Waals surface area contributed by atoms with Crippen molar-refractivity contribution in [2.45, 2.75) is 6.92 Å². The van der Waals surface area contributed by atoms with Gasteiger partial charge in [-0.15, -0.1) is 0 Å². The molecule has 29 heavy (non-hydrogen) atoms. The average Bonchev–Trinajstić information content (AvgIpc) is 2.72. The third kappa shape index (κ3) is 5.48. The van der Waals surface area contributed by atoms with Crippen LogP contribution in [0.1, 0.15) is 17.3 Å². The zero-order valence-corrected chi connectivity index (χ0v) is 16.8. The molecule has 1 saturated heterocycles. The van der Waals surface area contributed by atoms with Gasteiger partial charge >= 0.3 is 5.97 Å². The van der Waals surface area contributed by atoms with Gasteiger partial charge in [-0.3, -0.25) is 9.59 Å². The molecule has 0 aromatic heterocycles. The maximum Gasteiger partial charge on any atom is 0.338 e. The Hall–Kier alpha value is -3.06. The number of hydrogen-bond acceptors (Lipinski definition) is 5. The van der Waals surface area contributed by atoms with Crippen LogP contribution in [-0.2, 0) is 14.3 Å². The number of carbonyl (C=O) groups is 3. The number of nitrogens with one attached hydrogen (secondary N) is 1. The molecule has 3 rings (SSSR count). The summed E-state index contributed by atoms with van der Waals surface area (Å²) in [6.07, 6.45) is 0. The predicted molar refractivity (Wildman–Crippen MR) is 111 cm³/mol. The molecule has 2 amide bonds. The quantitative estimate of drug-likeness (QED) is 0.760. The normalized spacial score (nSPS) is 13.7. The summed E-state index contributed by atoms with van der Waals surface area (Å²) in [7, 11) is 0. The Morgan fingerprint density at radius 3 is 2.28 bits per heavy atom. The van der Waals surface area contributed by atoms with Crippen LogP contribution in [0.25, 0.3) is 0 Å². The molecule has 2 aromatic rings. The summed E-state index contributed by atoms with van der Waals surface area (Å²) in [4.78, 5) is 39.4. The van der Waals surface area contributed by atoms with E-state index in [9.17, 15) is 14.4 Å². The highest BCUT2D eigenvalue weighted by molar-refractivity contribution is 6.33. The van der Waals surface area contributed by atoms with Crippen LogP contribution in [0.15, 0.2) is 48.5 Å². The molecular formula is C21H22ClN3O4. The first kappa shape index (κ1) is 20.7. The first-order valence-corrected chi connectivity index (χ1v) is 9.64. The van der Waals surface area contributed by atoms with Crippen LogP contribution in [0.2, 0.25) is 5.02 Å². The Balaban J connectivity index is 1.47. The van der Waals surface area contributed by atoms with E-state index in [0.29, 0.717) is 42.5 Å². The number of para-hydroxylation sites is 1. The number of rotatable bonds is 5. The van der Waals surface area contributed by atoms with E-state index >= 15 is 0 Å². The van der Waals surface area contributed by atoms with E-state index in [1.54, 1.807) is 29.2 Å². The van der Waals surface area contributed by atoms with Crippen LogP contribution in [0.4, 0.5) is 11.4 Å². The lowest BCUT2D eigenvalue weighted by Gasteiger charge is -2.36. The standard InChI is InChI=1S/C21H22ClN3O4/c1-15(26)23-17-8-6-16(7-9-17)21(28)29-14-20(27)25-12-10-24(11-13-25)19-5-3-2-4-18(19)22/h2-9H,10-14H2,1H3,(H,23,26). The van der Waals surface area contributed by atoms with E-state index in [1.807, 2.05) is 24.3 Å². The molecule has 152 valence electrons.